The second kappa shape index (κ2) is 8.62. The maximum atomic E-state index is 13.5. The van der Waals surface area contributed by atoms with Crippen molar-refractivity contribution in [3.05, 3.63) is 65.4 Å². The lowest BCUT2D eigenvalue weighted by Crippen LogP contribution is -3.16. The normalized spacial score (nSPS) is 21.7. The van der Waals surface area contributed by atoms with E-state index in [1.54, 1.807) is 7.11 Å². The smallest absolute Gasteiger partial charge is 0.219 e. The summed E-state index contributed by atoms with van der Waals surface area (Å²) in [5.74, 6) is 0.961. The van der Waals surface area contributed by atoms with Crippen molar-refractivity contribution < 1.29 is 19.2 Å². The Labute approximate surface area is 178 Å². The minimum Gasteiger partial charge on any atom is -0.497 e. The van der Waals surface area contributed by atoms with Crippen LogP contribution >= 0.6 is 0 Å². The van der Waals surface area contributed by atoms with E-state index in [4.69, 9.17) is 9.47 Å². The number of fused-ring (bicyclic) bond motifs is 1. The summed E-state index contributed by atoms with van der Waals surface area (Å²) in [6.07, 6.45) is 0.356. The largest absolute Gasteiger partial charge is 0.497 e. The van der Waals surface area contributed by atoms with Gasteiger partial charge in [-0.3, -0.25) is 4.79 Å². The Kier molecular flexibility index (Phi) is 5.93. The molecule has 0 saturated carbocycles. The molecule has 1 aromatic heterocycles. The van der Waals surface area contributed by atoms with Crippen LogP contribution in [0, 0.1) is 6.92 Å². The molecule has 0 amide bonds. The first-order valence-electron chi connectivity index (χ1n) is 10.7. The van der Waals surface area contributed by atoms with Crippen molar-refractivity contribution in [2.75, 3.05) is 26.7 Å². The van der Waals surface area contributed by atoms with Gasteiger partial charge in [0.15, 0.2) is 0 Å². The first-order valence-corrected chi connectivity index (χ1v) is 10.7. The summed E-state index contributed by atoms with van der Waals surface area (Å²) in [5.41, 5.74) is 4.12. The van der Waals surface area contributed by atoms with Crippen molar-refractivity contribution in [3.63, 3.8) is 0 Å². The fourth-order valence-electron chi connectivity index (χ4n) is 4.76. The standard InChI is InChI=1S/C25H30N2O3/c1-17-13-26(14-18(2)30-17)16-24(28)25-19(3)27(15-20-8-6-5-7-9-20)23-11-10-21(29-4)12-22(23)25/h5-12,17-18H,13-16H2,1-4H3/p+1/t17-,18+. The van der Waals surface area contributed by atoms with Gasteiger partial charge in [-0.25, -0.2) is 0 Å². The maximum Gasteiger partial charge on any atom is 0.219 e. The lowest BCUT2D eigenvalue weighted by atomic mass is 10.1. The van der Waals surface area contributed by atoms with Crippen LogP contribution in [0.5, 0.6) is 5.75 Å². The zero-order chi connectivity index (χ0) is 21.3. The zero-order valence-corrected chi connectivity index (χ0v) is 18.3. The van der Waals surface area contributed by atoms with Crippen LogP contribution in [0.25, 0.3) is 10.9 Å². The predicted molar refractivity (Wildman–Crippen MR) is 119 cm³/mol. The van der Waals surface area contributed by atoms with E-state index in [1.165, 1.54) is 10.5 Å². The molecule has 4 rings (SSSR count). The predicted octanol–water partition coefficient (Wildman–Crippen LogP) is 2.88. The molecular formula is C25H31N2O3+. The summed E-state index contributed by atoms with van der Waals surface area (Å²) >= 11 is 0. The van der Waals surface area contributed by atoms with Gasteiger partial charge in [0.2, 0.25) is 5.78 Å². The summed E-state index contributed by atoms with van der Waals surface area (Å²) in [6, 6.07) is 16.4. The van der Waals surface area contributed by atoms with Crippen molar-refractivity contribution in [1.82, 2.24) is 4.57 Å². The van der Waals surface area contributed by atoms with E-state index in [0.29, 0.717) is 6.54 Å². The molecule has 2 aromatic carbocycles. The number of ketones is 1. The maximum absolute atomic E-state index is 13.5. The molecule has 1 unspecified atom stereocenters. The van der Waals surface area contributed by atoms with E-state index < -0.39 is 0 Å². The third kappa shape index (κ3) is 4.13. The van der Waals surface area contributed by atoms with Gasteiger partial charge in [0.05, 0.1) is 12.7 Å². The van der Waals surface area contributed by atoms with Crippen molar-refractivity contribution in [2.24, 2.45) is 0 Å². The highest BCUT2D eigenvalue weighted by Gasteiger charge is 2.29. The number of rotatable bonds is 6. The number of carbonyl (C=O) groups excluding carboxylic acids is 1. The highest BCUT2D eigenvalue weighted by molar-refractivity contribution is 6.10. The average molecular weight is 408 g/mol. The second-order valence-electron chi connectivity index (χ2n) is 8.43. The number of methoxy groups -OCH3 is 1. The van der Waals surface area contributed by atoms with Crippen LogP contribution in [0.15, 0.2) is 48.5 Å². The van der Waals surface area contributed by atoms with Gasteiger partial charge in [-0.2, -0.15) is 0 Å². The van der Waals surface area contributed by atoms with E-state index in [-0.39, 0.29) is 18.0 Å². The number of benzene rings is 2. The average Bonchev–Trinajstić information content (AvgIpc) is 2.98. The monoisotopic (exact) mass is 407 g/mol. The Morgan fingerprint density at radius 3 is 2.50 bits per heavy atom. The summed E-state index contributed by atoms with van der Waals surface area (Å²) in [6.45, 7) is 9.18. The number of morpholine rings is 1. The van der Waals surface area contributed by atoms with Crippen LogP contribution in [0.4, 0.5) is 0 Å². The van der Waals surface area contributed by atoms with Gasteiger partial charge in [-0.05, 0) is 44.5 Å². The summed E-state index contributed by atoms with van der Waals surface area (Å²) in [4.78, 5) is 14.8. The van der Waals surface area contributed by atoms with Gasteiger partial charge in [-0.1, -0.05) is 30.3 Å². The van der Waals surface area contributed by atoms with E-state index in [2.05, 4.69) is 55.7 Å². The molecule has 30 heavy (non-hydrogen) atoms. The molecule has 5 nitrogen and oxygen atoms in total. The molecule has 3 aromatic rings. The number of quaternary nitrogens is 1. The second-order valence-corrected chi connectivity index (χ2v) is 8.43. The van der Waals surface area contributed by atoms with Crippen LogP contribution in [0.2, 0.25) is 0 Å². The van der Waals surface area contributed by atoms with E-state index in [0.717, 1.165) is 47.5 Å². The van der Waals surface area contributed by atoms with Crippen molar-refractivity contribution in [3.8, 4) is 5.75 Å². The van der Waals surface area contributed by atoms with Crippen molar-refractivity contribution >= 4 is 16.7 Å². The van der Waals surface area contributed by atoms with Crippen molar-refractivity contribution in [2.45, 2.75) is 39.5 Å². The molecule has 0 aliphatic carbocycles. The topological polar surface area (TPSA) is 44.9 Å². The molecule has 1 aliphatic rings. The molecule has 158 valence electrons. The van der Waals surface area contributed by atoms with Gasteiger partial charge in [0.1, 0.15) is 37.6 Å². The molecule has 3 atom stereocenters. The molecule has 0 radical (unpaired) electrons. The van der Waals surface area contributed by atoms with E-state index in [9.17, 15) is 4.79 Å². The molecule has 5 heteroatoms. The van der Waals surface area contributed by atoms with Crippen LogP contribution in [0.1, 0.15) is 35.5 Å². The number of hydrogen-bond acceptors (Lipinski definition) is 3. The lowest BCUT2D eigenvalue weighted by molar-refractivity contribution is -0.906. The minimum absolute atomic E-state index is 0.178. The lowest BCUT2D eigenvalue weighted by Gasteiger charge is -2.32. The number of Topliss-reactive ketones (excluding diaryl/α,β-unsaturated/α-hetero) is 1. The first-order chi connectivity index (χ1) is 14.5. The zero-order valence-electron chi connectivity index (χ0n) is 18.3. The quantitative estimate of drug-likeness (QED) is 0.639. The molecule has 0 spiro atoms. The molecule has 2 heterocycles. The van der Waals surface area contributed by atoms with Crippen LogP contribution < -0.4 is 9.64 Å². The summed E-state index contributed by atoms with van der Waals surface area (Å²) < 4.78 is 13.6. The third-order valence-corrected chi connectivity index (χ3v) is 6.02. The molecular weight excluding hydrogens is 376 g/mol. The van der Waals surface area contributed by atoms with E-state index >= 15 is 0 Å². The van der Waals surface area contributed by atoms with Crippen LogP contribution in [0.3, 0.4) is 0 Å². The number of aromatic nitrogens is 1. The molecule has 0 bridgehead atoms. The first kappa shape index (κ1) is 20.6. The Morgan fingerprint density at radius 1 is 1.13 bits per heavy atom. The number of nitrogens with one attached hydrogen (secondary N) is 1. The van der Waals surface area contributed by atoms with Gasteiger partial charge >= 0.3 is 0 Å². The fourth-order valence-corrected chi connectivity index (χ4v) is 4.76. The van der Waals surface area contributed by atoms with Gasteiger partial charge in [0, 0.05) is 23.1 Å². The van der Waals surface area contributed by atoms with E-state index in [1.807, 2.05) is 18.2 Å². The Balaban J connectivity index is 1.72. The number of carbonyl (C=O) groups is 1. The van der Waals surface area contributed by atoms with Crippen molar-refractivity contribution in [1.29, 1.82) is 0 Å². The summed E-state index contributed by atoms with van der Waals surface area (Å²) in [5, 5.41) is 0.974. The highest BCUT2D eigenvalue weighted by atomic mass is 16.5. The molecule has 1 saturated heterocycles. The van der Waals surface area contributed by atoms with Gasteiger partial charge in [-0.15, -0.1) is 0 Å². The highest BCUT2D eigenvalue weighted by Crippen LogP contribution is 2.30. The summed E-state index contributed by atoms with van der Waals surface area (Å²) in [7, 11) is 1.66. The number of ether oxygens (including phenoxy) is 2. The van der Waals surface area contributed by atoms with Crippen LogP contribution in [-0.4, -0.2) is 49.3 Å². The third-order valence-electron chi connectivity index (χ3n) is 6.02. The Bertz CT molecular complexity index is 1030. The fraction of sp³-hybridized carbons (Fsp3) is 0.400. The van der Waals surface area contributed by atoms with Gasteiger partial charge in [0.25, 0.3) is 0 Å². The number of hydrogen-bond donors (Lipinski definition) is 1. The number of nitrogens with zero attached hydrogens (tertiary/aromatic N) is 1. The molecule has 1 aliphatic heterocycles. The minimum atomic E-state index is 0.178. The SMILES string of the molecule is COc1ccc2c(c1)c(C(=O)C[NH+]1C[C@@H](C)O[C@@H](C)C1)c(C)n2Cc1ccccc1. The van der Waals surface area contributed by atoms with Gasteiger partial charge < -0.3 is 18.9 Å². The Morgan fingerprint density at radius 2 is 1.83 bits per heavy atom. The molecule has 1 N–H and O–H groups in total. The molecule has 1 fully saturated rings. The Hall–Kier alpha value is -2.63. The van der Waals surface area contributed by atoms with Crippen LogP contribution in [-0.2, 0) is 11.3 Å².